The SMILES string of the molecule is CC(=N)c1ccc(CNC(=O)Cc2c(-c3cccc(N)c3)ccc(=NC(C)C)n2O)cc1. The van der Waals surface area contributed by atoms with Gasteiger partial charge in [0.15, 0.2) is 5.49 Å². The first kappa shape index (κ1) is 22.8. The van der Waals surface area contributed by atoms with Crippen molar-refractivity contribution in [2.45, 2.75) is 39.8 Å². The van der Waals surface area contributed by atoms with E-state index < -0.39 is 0 Å². The Hall–Kier alpha value is -3.87. The first-order valence-corrected chi connectivity index (χ1v) is 10.5. The molecule has 1 amide bonds. The van der Waals surface area contributed by atoms with Gasteiger partial charge in [-0.15, -0.1) is 0 Å². The van der Waals surface area contributed by atoms with Crippen LogP contribution in [0.3, 0.4) is 0 Å². The van der Waals surface area contributed by atoms with Crippen molar-refractivity contribution < 1.29 is 10.0 Å². The summed E-state index contributed by atoms with van der Waals surface area (Å²) in [5.74, 6) is -0.230. The van der Waals surface area contributed by atoms with Crippen LogP contribution in [0, 0.1) is 5.41 Å². The third kappa shape index (κ3) is 5.63. The number of carbonyl (C=O) groups is 1. The van der Waals surface area contributed by atoms with Crippen LogP contribution in [0.2, 0.25) is 0 Å². The number of aromatic nitrogens is 1. The zero-order chi connectivity index (χ0) is 23.3. The first-order valence-electron chi connectivity index (χ1n) is 10.5. The van der Waals surface area contributed by atoms with Gasteiger partial charge in [-0.05, 0) is 61.7 Å². The van der Waals surface area contributed by atoms with E-state index >= 15 is 0 Å². The highest BCUT2D eigenvalue weighted by Crippen LogP contribution is 2.24. The predicted molar refractivity (Wildman–Crippen MR) is 127 cm³/mol. The number of anilines is 1. The van der Waals surface area contributed by atoms with E-state index in [1.54, 1.807) is 19.1 Å². The lowest BCUT2D eigenvalue weighted by molar-refractivity contribution is -0.120. The second-order valence-corrected chi connectivity index (χ2v) is 7.99. The maximum atomic E-state index is 12.8. The Labute approximate surface area is 187 Å². The number of rotatable bonds is 7. The molecule has 1 heterocycles. The Morgan fingerprint density at radius 3 is 2.50 bits per heavy atom. The Bertz CT molecular complexity index is 1190. The van der Waals surface area contributed by atoms with Crippen molar-refractivity contribution in [1.82, 2.24) is 10.0 Å². The number of hydrogen-bond acceptors (Lipinski definition) is 5. The molecule has 0 radical (unpaired) electrons. The lowest BCUT2D eigenvalue weighted by Crippen LogP contribution is -2.30. The molecular weight excluding hydrogens is 402 g/mol. The summed E-state index contributed by atoms with van der Waals surface area (Å²) in [5, 5.41) is 21.4. The van der Waals surface area contributed by atoms with Gasteiger partial charge in [0.25, 0.3) is 0 Å². The quantitative estimate of drug-likeness (QED) is 0.260. The van der Waals surface area contributed by atoms with Gasteiger partial charge in [-0.2, -0.15) is 4.73 Å². The highest BCUT2D eigenvalue weighted by molar-refractivity contribution is 5.96. The van der Waals surface area contributed by atoms with Crippen LogP contribution in [0.4, 0.5) is 5.69 Å². The van der Waals surface area contributed by atoms with Gasteiger partial charge >= 0.3 is 0 Å². The normalized spacial score (nSPS) is 11.6. The third-order valence-electron chi connectivity index (χ3n) is 4.98. The van der Waals surface area contributed by atoms with E-state index in [0.717, 1.165) is 21.4 Å². The van der Waals surface area contributed by atoms with Crippen LogP contribution in [0.25, 0.3) is 11.1 Å². The number of hydrogen-bond donors (Lipinski definition) is 4. The molecule has 0 spiro atoms. The van der Waals surface area contributed by atoms with Gasteiger partial charge in [-0.25, -0.2) is 0 Å². The van der Waals surface area contributed by atoms with Crippen molar-refractivity contribution >= 4 is 17.3 Å². The van der Waals surface area contributed by atoms with E-state index in [9.17, 15) is 10.0 Å². The molecule has 0 atom stereocenters. The average Bonchev–Trinajstić information content (AvgIpc) is 2.75. The predicted octanol–water partition coefficient (Wildman–Crippen LogP) is 3.53. The van der Waals surface area contributed by atoms with Crippen LogP contribution in [-0.4, -0.2) is 27.6 Å². The molecule has 1 aromatic heterocycles. The molecule has 0 aliphatic rings. The molecule has 0 aliphatic heterocycles. The molecular formula is C25H29N5O2. The van der Waals surface area contributed by atoms with E-state index in [0.29, 0.717) is 34.7 Å². The lowest BCUT2D eigenvalue weighted by atomic mass is 10.0. The topological polar surface area (TPSA) is 116 Å². The molecule has 0 unspecified atom stereocenters. The van der Waals surface area contributed by atoms with Gasteiger partial charge in [0.05, 0.1) is 12.1 Å². The second-order valence-electron chi connectivity index (χ2n) is 7.99. The van der Waals surface area contributed by atoms with E-state index in [-0.39, 0.29) is 18.4 Å². The average molecular weight is 432 g/mol. The number of amides is 1. The number of nitrogens with one attached hydrogen (secondary N) is 2. The second kappa shape index (κ2) is 9.96. The van der Waals surface area contributed by atoms with Gasteiger partial charge in [0, 0.05) is 29.5 Å². The molecule has 5 N–H and O–H groups in total. The third-order valence-corrected chi connectivity index (χ3v) is 4.98. The molecule has 32 heavy (non-hydrogen) atoms. The fourth-order valence-electron chi connectivity index (χ4n) is 3.37. The molecule has 7 nitrogen and oxygen atoms in total. The van der Waals surface area contributed by atoms with Crippen LogP contribution >= 0.6 is 0 Å². The summed E-state index contributed by atoms with van der Waals surface area (Å²) in [6.07, 6.45) is -0.0280. The van der Waals surface area contributed by atoms with Gasteiger partial charge < -0.3 is 21.7 Å². The molecule has 3 aromatic rings. The van der Waals surface area contributed by atoms with E-state index in [1.165, 1.54) is 0 Å². The van der Waals surface area contributed by atoms with Crippen molar-refractivity contribution in [2.75, 3.05) is 5.73 Å². The minimum absolute atomic E-state index is 0.0131. The largest absolute Gasteiger partial charge is 0.427 e. The minimum Gasteiger partial charge on any atom is -0.427 e. The molecule has 0 saturated heterocycles. The summed E-state index contributed by atoms with van der Waals surface area (Å²) >= 11 is 0. The van der Waals surface area contributed by atoms with Crippen molar-refractivity contribution in [3.8, 4) is 11.1 Å². The Morgan fingerprint density at radius 1 is 1.16 bits per heavy atom. The summed E-state index contributed by atoms with van der Waals surface area (Å²) in [7, 11) is 0. The molecule has 0 bridgehead atoms. The molecule has 2 aromatic carbocycles. The van der Waals surface area contributed by atoms with Crippen LogP contribution in [0.15, 0.2) is 65.7 Å². The maximum Gasteiger partial charge on any atom is 0.226 e. The molecule has 3 rings (SSSR count). The first-order chi connectivity index (χ1) is 15.2. The van der Waals surface area contributed by atoms with E-state index in [2.05, 4.69) is 10.3 Å². The monoisotopic (exact) mass is 431 g/mol. The number of benzene rings is 2. The number of nitrogen functional groups attached to an aromatic ring is 1. The summed E-state index contributed by atoms with van der Waals surface area (Å²) in [6.45, 7) is 5.93. The van der Waals surface area contributed by atoms with Crippen molar-refractivity contribution in [1.29, 1.82) is 5.41 Å². The van der Waals surface area contributed by atoms with Gasteiger partial charge in [0.1, 0.15) is 0 Å². The number of carbonyl (C=O) groups excluding carboxylic acids is 1. The Morgan fingerprint density at radius 2 is 1.88 bits per heavy atom. The Balaban J connectivity index is 1.87. The van der Waals surface area contributed by atoms with Crippen LogP contribution in [0.1, 0.15) is 37.6 Å². The summed E-state index contributed by atoms with van der Waals surface area (Å²) in [5.41, 5.74) is 11.2. The number of pyridine rings is 1. The smallest absolute Gasteiger partial charge is 0.226 e. The summed E-state index contributed by atoms with van der Waals surface area (Å²) < 4.78 is 0.986. The van der Waals surface area contributed by atoms with Crippen molar-refractivity contribution in [3.05, 3.63) is 83.0 Å². The summed E-state index contributed by atoms with van der Waals surface area (Å²) in [4.78, 5) is 17.2. The summed E-state index contributed by atoms with van der Waals surface area (Å²) in [6, 6.07) is 18.4. The van der Waals surface area contributed by atoms with Crippen LogP contribution < -0.4 is 16.5 Å². The minimum atomic E-state index is -0.230. The zero-order valence-corrected chi connectivity index (χ0v) is 18.6. The molecule has 0 saturated carbocycles. The zero-order valence-electron chi connectivity index (χ0n) is 18.6. The standard InChI is InChI=1S/C25H29N5O2/c1-16(2)29-24-12-11-22(20-5-4-6-21(27)13-20)23(30(24)32)14-25(31)28-15-18-7-9-19(10-8-18)17(3)26/h4-13,16,26,32H,14-15,27H2,1-3H3,(H,28,31). The highest BCUT2D eigenvalue weighted by Gasteiger charge is 2.15. The fourth-order valence-corrected chi connectivity index (χ4v) is 3.37. The maximum absolute atomic E-state index is 12.8. The lowest BCUT2D eigenvalue weighted by Gasteiger charge is -2.15. The number of nitrogens with zero attached hydrogens (tertiary/aromatic N) is 2. The van der Waals surface area contributed by atoms with Crippen molar-refractivity contribution in [3.63, 3.8) is 0 Å². The molecule has 0 aliphatic carbocycles. The van der Waals surface area contributed by atoms with E-state index in [4.69, 9.17) is 11.1 Å². The Kier molecular flexibility index (Phi) is 7.10. The van der Waals surface area contributed by atoms with Crippen molar-refractivity contribution in [2.24, 2.45) is 4.99 Å². The van der Waals surface area contributed by atoms with Crippen LogP contribution in [0.5, 0.6) is 0 Å². The fraction of sp³-hybridized carbons (Fsp3) is 0.240. The van der Waals surface area contributed by atoms with Gasteiger partial charge in [-0.1, -0.05) is 36.4 Å². The van der Waals surface area contributed by atoms with Gasteiger partial charge in [-0.3, -0.25) is 9.79 Å². The highest BCUT2D eigenvalue weighted by atomic mass is 16.5. The molecule has 7 heteroatoms. The molecule has 166 valence electrons. The molecule has 0 fully saturated rings. The number of nitrogens with two attached hydrogens (primary N) is 1. The van der Waals surface area contributed by atoms with Crippen LogP contribution in [-0.2, 0) is 17.8 Å². The van der Waals surface area contributed by atoms with E-state index in [1.807, 2.05) is 62.4 Å². The van der Waals surface area contributed by atoms with Gasteiger partial charge in [0.2, 0.25) is 5.91 Å².